The predicted molar refractivity (Wildman–Crippen MR) is 89.2 cm³/mol. The van der Waals surface area contributed by atoms with E-state index in [1.165, 1.54) is 19.8 Å². The highest BCUT2D eigenvalue weighted by Gasteiger charge is 2.18. The molecule has 1 atom stereocenters. The lowest BCUT2D eigenvalue weighted by Gasteiger charge is -2.32. The van der Waals surface area contributed by atoms with Crippen LogP contribution in [0.25, 0.3) is 11.4 Å². The van der Waals surface area contributed by atoms with Gasteiger partial charge < -0.3 is 14.2 Å². The molecule has 1 saturated heterocycles. The van der Waals surface area contributed by atoms with Crippen molar-refractivity contribution in [3.8, 4) is 23.4 Å². The van der Waals surface area contributed by atoms with Gasteiger partial charge in [-0.05, 0) is 12.5 Å². The molecule has 0 aliphatic carbocycles. The number of nitrogens with zero attached hydrogens (tertiary/aromatic N) is 4. The fourth-order valence-electron chi connectivity index (χ4n) is 2.74. The second-order valence-electron chi connectivity index (χ2n) is 5.58. The zero-order valence-electron chi connectivity index (χ0n) is 14.2. The first-order valence-corrected chi connectivity index (χ1v) is 7.97. The Kier molecular flexibility index (Phi) is 5.22. The first-order chi connectivity index (χ1) is 11.7. The van der Waals surface area contributed by atoms with Crippen molar-refractivity contribution in [2.75, 3.05) is 40.5 Å². The minimum atomic E-state index is 0.239. The number of morpholine rings is 1. The minimum absolute atomic E-state index is 0.239. The van der Waals surface area contributed by atoms with Gasteiger partial charge in [-0.15, -0.1) is 4.98 Å². The summed E-state index contributed by atoms with van der Waals surface area (Å²) in [7, 11) is 3.04. The van der Waals surface area contributed by atoms with Crippen molar-refractivity contribution in [3.63, 3.8) is 0 Å². The first kappa shape index (κ1) is 16.6. The quantitative estimate of drug-likeness (QED) is 0.830. The van der Waals surface area contributed by atoms with Gasteiger partial charge in [-0.25, -0.2) is 0 Å². The standard InChI is InChI=1S/C17H22N4O3/c1-12(21-8-10-24-11-9-21)13-4-6-14(7-5-13)15-18-16(22-2)20-17(19-15)23-3/h4-7,12H,8-11H2,1-3H3. The summed E-state index contributed by atoms with van der Waals surface area (Å²) in [5, 5.41) is 0. The van der Waals surface area contributed by atoms with Gasteiger partial charge in [-0.1, -0.05) is 24.3 Å². The van der Waals surface area contributed by atoms with Gasteiger partial charge in [0.25, 0.3) is 0 Å². The van der Waals surface area contributed by atoms with Gasteiger partial charge in [0.2, 0.25) is 0 Å². The predicted octanol–water partition coefficient (Wildman–Crippen LogP) is 1.95. The first-order valence-electron chi connectivity index (χ1n) is 7.97. The summed E-state index contributed by atoms with van der Waals surface area (Å²) in [6.45, 7) is 5.74. The Morgan fingerprint density at radius 1 is 0.958 bits per heavy atom. The average Bonchev–Trinajstić information content (AvgIpc) is 2.67. The van der Waals surface area contributed by atoms with Crippen LogP contribution >= 0.6 is 0 Å². The summed E-state index contributed by atoms with van der Waals surface area (Å²) in [4.78, 5) is 15.0. The van der Waals surface area contributed by atoms with Crippen LogP contribution in [-0.4, -0.2) is 60.4 Å². The van der Waals surface area contributed by atoms with E-state index in [0.29, 0.717) is 11.9 Å². The Hall–Kier alpha value is -2.25. The molecule has 1 aromatic heterocycles. The molecule has 1 aliphatic heterocycles. The minimum Gasteiger partial charge on any atom is -0.467 e. The molecule has 0 saturated carbocycles. The highest BCUT2D eigenvalue weighted by Crippen LogP contribution is 2.25. The smallest absolute Gasteiger partial charge is 0.322 e. The highest BCUT2D eigenvalue weighted by molar-refractivity contribution is 5.56. The van der Waals surface area contributed by atoms with Crippen molar-refractivity contribution in [1.82, 2.24) is 19.9 Å². The van der Waals surface area contributed by atoms with Crippen molar-refractivity contribution in [2.45, 2.75) is 13.0 Å². The van der Waals surface area contributed by atoms with Crippen LogP contribution in [0, 0.1) is 0 Å². The van der Waals surface area contributed by atoms with Crippen LogP contribution < -0.4 is 9.47 Å². The van der Waals surface area contributed by atoms with Crippen molar-refractivity contribution < 1.29 is 14.2 Å². The normalized spacial score (nSPS) is 16.6. The number of benzene rings is 1. The molecule has 0 spiro atoms. The van der Waals surface area contributed by atoms with Crippen molar-refractivity contribution >= 4 is 0 Å². The molecule has 1 fully saturated rings. The molecule has 1 aliphatic rings. The zero-order chi connectivity index (χ0) is 16.9. The van der Waals surface area contributed by atoms with Crippen molar-refractivity contribution in [1.29, 1.82) is 0 Å². The Balaban J connectivity index is 1.81. The largest absolute Gasteiger partial charge is 0.467 e. The van der Waals surface area contributed by atoms with E-state index in [2.05, 4.69) is 38.9 Å². The van der Waals surface area contributed by atoms with Crippen molar-refractivity contribution in [3.05, 3.63) is 29.8 Å². The van der Waals surface area contributed by atoms with E-state index in [1.54, 1.807) is 0 Å². The van der Waals surface area contributed by atoms with Crippen LogP contribution in [0.5, 0.6) is 12.0 Å². The zero-order valence-corrected chi connectivity index (χ0v) is 14.2. The third-order valence-corrected chi connectivity index (χ3v) is 4.20. The summed E-state index contributed by atoms with van der Waals surface area (Å²) in [5.74, 6) is 0.532. The van der Waals surface area contributed by atoms with Crippen LogP contribution in [0.4, 0.5) is 0 Å². The Morgan fingerprint density at radius 2 is 1.54 bits per heavy atom. The lowest BCUT2D eigenvalue weighted by molar-refractivity contribution is 0.0198. The highest BCUT2D eigenvalue weighted by atomic mass is 16.5. The molecule has 3 rings (SSSR count). The van der Waals surface area contributed by atoms with Gasteiger partial charge in [-0.2, -0.15) is 9.97 Å². The van der Waals surface area contributed by atoms with E-state index in [-0.39, 0.29) is 12.0 Å². The third-order valence-electron chi connectivity index (χ3n) is 4.20. The van der Waals surface area contributed by atoms with Crippen molar-refractivity contribution in [2.24, 2.45) is 0 Å². The van der Waals surface area contributed by atoms with Crippen LogP contribution in [0.15, 0.2) is 24.3 Å². The average molecular weight is 330 g/mol. The lowest BCUT2D eigenvalue weighted by Crippen LogP contribution is -2.37. The number of methoxy groups -OCH3 is 2. The summed E-state index contributed by atoms with van der Waals surface area (Å²) in [5.41, 5.74) is 2.15. The van der Waals surface area contributed by atoms with Crippen LogP contribution in [0.2, 0.25) is 0 Å². The van der Waals surface area contributed by atoms with Gasteiger partial charge in [0, 0.05) is 24.7 Å². The molecule has 2 heterocycles. The molecule has 1 aromatic carbocycles. The number of hydrogen-bond acceptors (Lipinski definition) is 7. The molecule has 0 radical (unpaired) electrons. The van der Waals surface area contributed by atoms with Crippen LogP contribution in [0.3, 0.4) is 0 Å². The van der Waals surface area contributed by atoms with Gasteiger partial charge in [-0.3, -0.25) is 4.90 Å². The molecule has 0 bridgehead atoms. The molecule has 7 heteroatoms. The fourth-order valence-corrected chi connectivity index (χ4v) is 2.74. The van der Waals surface area contributed by atoms with Gasteiger partial charge >= 0.3 is 12.0 Å². The Morgan fingerprint density at radius 3 is 2.08 bits per heavy atom. The van der Waals surface area contributed by atoms with E-state index in [4.69, 9.17) is 14.2 Å². The molecule has 1 unspecified atom stereocenters. The topological polar surface area (TPSA) is 69.6 Å². The maximum atomic E-state index is 5.42. The van der Waals surface area contributed by atoms with Gasteiger partial charge in [0.05, 0.1) is 27.4 Å². The monoisotopic (exact) mass is 330 g/mol. The van der Waals surface area contributed by atoms with E-state index in [0.717, 1.165) is 31.9 Å². The maximum absolute atomic E-state index is 5.42. The van der Waals surface area contributed by atoms with E-state index >= 15 is 0 Å². The number of aromatic nitrogens is 3. The molecule has 7 nitrogen and oxygen atoms in total. The van der Waals surface area contributed by atoms with E-state index in [9.17, 15) is 0 Å². The number of hydrogen-bond donors (Lipinski definition) is 0. The Labute approximate surface area is 141 Å². The number of ether oxygens (including phenoxy) is 3. The fraction of sp³-hybridized carbons (Fsp3) is 0.471. The maximum Gasteiger partial charge on any atom is 0.322 e. The molecule has 24 heavy (non-hydrogen) atoms. The lowest BCUT2D eigenvalue weighted by atomic mass is 10.0. The second-order valence-corrected chi connectivity index (χ2v) is 5.58. The summed E-state index contributed by atoms with van der Waals surface area (Å²) in [6.07, 6.45) is 0. The van der Waals surface area contributed by atoms with Crippen LogP contribution in [0.1, 0.15) is 18.5 Å². The molecule has 0 amide bonds. The summed E-state index contributed by atoms with van der Waals surface area (Å²) < 4.78 is 15.6. The van der Waals surface area contributed by atoms with E-state index < -0.39 is 0 Å². The summed E-state index contributed by atoms with van der Waals surface area (Å²) in [6, 6.07) is 9.08. The van der Waals surface area contributed by atoms with Crippen LogP contribution in [-0.2, 0) is 4.74 Å². The Bertz CT molecular complexity index is 650. The van der Waals surface area contributed by atoms with Gasteiger partial charge in [0.1, 0.15) is 0 Å². The molecule has 128 valence electrons. The SMILES string of the molecule is COc1nc(OC)nc(-c2ccc(C(C)N3CCOCC3)cc2)n1. The van der Waals surface area contributed by atoms with Gasteiger partial charge in [0.15, 0.2) is 5.82 Å². The van der Waals surface area contributed by atoms with E-state index in [1.807, 2.05) is 12.1 Å². The third kappa shape index (κ3) is 3.63. The summed E-state index contributed by atoms with van der Waals surface area (Å²) >= 11 is 0. The molecule has 2 aromatic rings. The molecular formula is C17H22N4O3. The molecular weight excluding hydrogens is 308 g/mol. The number of rotatable bonds is 5. The molecule has 0 N–H and O–H groups in total. The second kappa shape index (κ2) is 7.55.